The number of carbonyl (C=O) groups is 1. The van der Waals surface area contributed by atoms with E-state index in [2.05, 4.69) is 38.6 Å². The topological polar surface area (TPSA) is 105 Å². The summed E-state index contributed by atoms with van der Waals surface area (Å²) in [4.78, 5) is 23.2. The SMILES string of the molecule is COc1cc2c(cc1Nc1ncc(C(N)=O)c(NC3CCc4ccc(F)cc43)n1)CN(C)CC2. The minimum atomic E-state index is -0.638. The van der Waals surface area contributed by atoms with Crippen molar-refractivity contribution >= 4 is 23.4 Å². The van der Waals surface area contributed by atoms with Crippen molar-refractivity contribution in [2.75, 3.05) is 31.3 Å². The molecule has 3 aromatic rings. The van der Waals surface area contributed by atoms with Crippen LogP contribution in [-0.2, 0) is 19.4 Å². The second-order valence-corrected chi connectivity index (χ2v) is 8.83. The molecule has 0 saturated carbocycles. The molecular weight excluding hydrogens is 435 g/mol. The lowest BCUT2D eigenvalue weighted by Gasteiger charge is -2.26. The lowest BCUT2D eigenvalue weighted by atomic mass is 9.99. The van der Waals surface area contributed by atoms with Crippen LogP contribution in [0.2, 0.25) is 0 Å². The molecule has 5 rings (SSSR count). The lowest BCUT2D eigenvalue weighted by Crippen LogP contribution is -2.26. The Morgan fingerprint density at radius 1 is 1.21 bits per heavy atom. The Kier molecular flexibility index (Phi) is 5.79. The molecule has 0 saturated heterocycles. The second kappa shape index (κ2) is 8.90. The maximum absolute atomic E-state index is 13.9. The van der Waals surface area contributed by atoms with Crippen LogP contribution in [-0.4, -0.2) is 41.5 Å². The number of nitrogens with one attached hydrogen (secondary N) is 2. The highest BCUT2D eigenvalue weighted by atomic mass is 19.1. The molecule has 2 aromatic carbocycles. The fraction of sp³-hybridized carbons (Fsp3) is 0.320. The minimum Gasteiger partial charge on any atom is -0.495 e. The van der Waals surface area contributed by atoms with Crippen molar-refractivity contribution in [3.8, 4) is 5.75 Å². The molecular formula is C25H27FN6O2. The summed E-state index contributed by atoms with van der Waals surface area (Å²) in [5.74, 6) is 0.371. The average Bonchev–Trinajstić information content (AvgIpc) is 3.20. The Hall–Kier alpha value is -3.72. The molecule has 0 spiro atoms. The van der Waals surface area contributed by atoms with Crippen LogP contribution in [0.15, 0.2) is 36.5 Å². The van der Waals surface area contributed by atoms with Gasteiger partial charge in [0.2, 0.25) is 5.95 Å². The van der Waals surface area contributed by atoms with Gasteiger partial charge in [-0.15, -0.1) is 0 Å². The smallest absolute Gasteiger partial charge is 0.254 e. The highest BCUT2D eigenvalue weighted by Crippen LogP contribution is 2.36. The number of amides is 1. The average molecular weight is 463 g/mol. The van der Waals surface area contributed by atoms with Gasteiger partial charge in [-0.25, -0.2) is 9.37 Å². The third-order valence-corrected chi connectivity index (χ3v) is 6.52. The zero-order valence-corrected chi connectivity index (χ0v) is 19.2. The molecule has 4 N–H and O–H groups in total. The zero-order valence-electron chi connectivity index (χ0n) is 19.2. The second-order valence-electron chi connectivity index (χ2n) is 8.83. The molecule has 176 valence electrons. The number of fused-ring (bicyclic) bond motifs is 2. The van der Waals surface area contributed by atoms with Gasteiger partial charge in [0.15, 0.2) is 0 Å². The summed E-state index contributed by atoms with van der Waals surface area (Å²) in [6.45, 7) is 1.85. The number of halogens is 1. The van der Waals surface area contributed by atoms with Gasteiger partial charge in [-0.1, -0.05) is 6.07 Å². The summed E-state index contributed by atoms with van der Waals surface area (Å²) < 4.78 is 19.5. The van der Waals surface area contributed by atoms with E-state index in [4.69, 9.17) is 10.5 Å². The van der Waals surface area contributed by atoms with E-state index >= 15 is 0 Å². The van der Waals surface area contributed by atoms with Crippen molar-refractivity contribution in [3.63, 3.8) is 0 Å². The fourth-order valence-corrected chi connectivity index (χ4v) is 4.74. The molecule has 2 heterocycles. The first-order valence-corrected chi connectivity index (χ1v) is 11.3. The van der Waals surface area contributed by atoms with Crippen molar-refractivity contribution in [3.05, 3.63) is 70.2 Å². The van der Waals surface area contributed by atoms with E-state index in [9.17, 15) is 9.18 Å². The summed E-state index contributed by atoms with van der Waals surface area (Å²) in [6, 6.07) is 8.71. The van der Waals surface area contributed by atoms with E-state index < -0.39 is 5.91 Å². The third kappa shape index (κ3) is 4.26. The van der Waals surface area contributed by atoms with Gasteiger partial charge in [0.25, 0.3) is 5.91 Å². The van der Waals surface area contributed by atoms with Gasteiger partial charge in [-0.2, -0.15) is 4.98 Å². The predicted octanol–water partition coefficient (Wildman–Crippen LogP) is 3.55. The van der Waals surface area contributed by atoms with Gasteiger partial charge >= 0.3 is 0 Å². The van der Waals surface area contributed by atoms with Gasteiger partial charge in [-0.05, 0) is 72.8 Å². The quantitative estimate of drug-likeness (QED) is 0.514. The molecule has 0 radical (unpaired) electrons. The van der Waals surface area contributed by atoms with Crippen molar-refractivity contribution < 1.29 is 13.9 Å². The summed E-state index contributed by atoms with van der Waals surface area (Å²) in [5.41, 5.74) is 10.9. The zero-order chi connectivity index (χ0) is 23.8. The number of likely N-dealkylation sites (N-methyl/N-ethyl adjacent to an activating group) is 1. The number of nitrogens with zero attached hydrogens (tertiary/aromatic N) is 3. The number of anilines is 3. The fourth-order valence-electron chi connectivity index (χ4n) is 4.74. The molecule has 1 aliphatic heterocycles. The van der Waals surface area contributed by atoms with Crippen LogP contribution in [0, 0.1) is 5.82 Å². The largest absolute Gasteiger partial charge is 0.495 e. The van der Waals surface area contributed by atoms with E-state index in [1.54, 1.807) is 13.2 Å². The predicted molar refractivity (Wildman–Crippen MR) is 128 cm³/mol. The third-order valence-electron chi connectivity index (χ3n) is 6.52. The van der Waals surface area contributed by atoms with Crippen LogP contribution >= 0.6 is 0 Å². The maximum atomic E-state index is 13.9. The van der Waals surface area contributed by atoms with Crippen molar-refractivity contribution in [1.82, 2.24) is 14.9 Å². The Morgan fingerprint density at radius 2 is 2.06 bits per heavy atom. The van der Waals surface area contributed by atoms with Gasteiger partial charge in [0.1, 0.15) is 17.4 Å². The summed E-state index contributed by atoms with van der Waals surface area (Å²) in [6.07, 6.45) is 3.94. The molecule has 0 fully saturated rings. The number of rotatable bonds is 6. The Balaban J connectivity index is 1.46. The van der Waals surface area contributed by atoms with Crippen LogP contribution in [0.5, 0.6) is 5.75 Å². The maximum Gasteiger partial charge on any atom is 0.254 e. The lowest BCUT2D eigenvalue weighted by molar-refractivity contribution is 0.100. The normalized spacial score (nSPS) is 17.1. The van der Waals surface area contributed by atoms with Gasteiger partial charge in [0, 0.05) is 19.3 Å². The van der Waals surface area contributed by atoms with Crippen LogP contribution in [0.3, 0.4) is 0 Å². The number of hydrogen-bond acceptors (Lipinski definition) is 7. The number of ether oxygens (including phenoxy) is 1. The number of primary amides is 1. The number of aromatic nitrogens is 2. The first-order chi connectivity index (χ1) is 16.4. The summed E-state index contributed by atoms with van der Waals surface area (Å²) in [5, 5.41) is 6.52. The van der Waals surface area contributed by atoms with Crippen molar-refractivity contribution in [1.29, 1.82) is 0 Å². The molecule has 9 heteroatoms. The summed E-state index contributed by atoms with van der Waals surface area (Å²) in [7, 11) is 3.72. The van der Waals surface area contributed by atoms with Crippen LogP contribution < -0.4 is 21.1 Å². The first kappa shape index (κ1) is 22.1. The summed E-state index contributed by atoms with van der Waals surface area (Å²) >= 11 is 0. The van der Waals surface area contributed by atoms with Crippen molar-refractivity contribution in [2.45, 2.75) is 31.8 Å². The molecule has 1 unspecified atom stereocenters. The molecule has 1 atom stereocenters. The molecule has 2 aliphatic rings. The van der Waals surface area contributed by atoms with E-state index in [1.165, 1.54) is 29.5 Å². The number of carbonyl (C=O) groups excluding carboxylic acids is 1. The van der Waals surface area contributed by atoms with Crippen LogP contribution in [0.4, 0.5) is 21.8 Å². The Bertz CT molecular complexity index is 1260. The number of methoxy groups -OCH3 is 1. The molecule has 0 bridgehead atoms. The standard InChI is InChI=1S/C25H27FN6O2/c1-32-8-7-15-10-22(34-2)21(9-16(15)13-32)30-25-28-12-19(23(27)33)24(31-25)29-20-6-4-14-3-5-17(26)11-18(14)20/h3,5,9-12,20H,4,6-8,13H2,1-2H3,(H2,27,33)(H2,28,29,30,31). The van der Waals surface area contributed by atoms with E-state index in [-0.39, 0.29) is 17.4 Å². The highest BCUT2D eigenvalue weighted by Gasteiger charge is 2.25. The Labute approximate surface area is 197 Å². The van der Waals surface area contributed by atoms with Gasteiger partial charge in [-0.3, -0.25) is 4.79 Å². The molecule has 1 aliphatic carbocycles. The monoisotopic (exact) mass is 462 g/mol. The highest BCUT2D eigenvalue weighted by molar-refractivity contribution is 5.97. The number of nitrogens with two attached hydrogens (primary N) is 1. The number of aryl methyl sites for hydroxylation is 1. The van der Waals surface area contributed by atoms with Crippen molar-refractivity contribution in [2.24, 2.45) is 5.73 Å². The van der Waals surface area contributed by atoms with Crippen LogP contribution in [0.1, 0.15) is 45.1 Å². The number of benzene rings is 2. The molecule has 1 aromatic heterocycles. The Morgan fingerprint density at radius 3 is 2.85 bits per heavy atom. The molecule has 34 heavy (non-hydrogen) atoms. The molecule has 8 nitrogen and oxygen atoms in total. The van der Waals surface area contributed by atoms with Gasteiger partial charge < -0.3 is 26.0 Å². The minimum absolute atomic E-state index is 0.175. The van der Waals surface area contributed by atoms with E-state index in [1.807, 2.05) is 6.07 Å². The molecule has 1 amide bonds. The number of hydrogen-bond donors (Lipinski definition) is 3. The van der Waals surface area contributed by atoms with Gasteiger partial charge in [0.05, 0.1) is 24.4 Å². The van der Waals surface area contributed by atoms with Crippen LogP contribution in [0.25, 0.3) is 0 Å². The first-order valence-electron chi connectivity index (χ1n) is 11.3. The van der Waals surface area contributed by atoms with E-state index in [0.29, 0.717) is 17.5 Å². The van der Waals surface area contributed by atoms with E-state index in [0.717, 1.165) is 49.2 Å².